The number of aliphatic hydroxyl groups excluding tert-OH is 2. The minimum atomic E-state index is -1.90. The Hall–Kier alpha value is -0.243. The molecule has 1 aliphatic rings. The van der Waals surface area contributed by atoms with Crippen LogP contribution in [0.1, 0.15) is 82.6 Å². The monoisotopic (exact) mass is 458 g/mol. The quantitative estimate of drug-likeness (QED) is 0.309. The molecule has 1 rings (SSSR count). The van der Waals surface area contributed by atoms with E-state index >= 15 is 0 Å². The number of rotatable bonds is 11. The van der Waals surface area contributed by atoms with E-state index in [1.54, 1.807) is 0 Å². The number of aliphatic hydroxyl groups is 2. The molecule has 6 heteroatoms. The van der Waals surface area contributed by atoms with Crippen molar-refractivity contribution >= 4 is 8.32 Å². The number of hydrogen-bond donors (Lipinski definition) is 2. The molecule has 0 aromatic carbocycles. The van der Waals surface area contributed by atoms with E-state index in [-0.39, 0.29) is 24.7 Å². The lowest BCUT2D eigenvalue weighted by molar-refractivity contribution is -0.343. The predicted octanol–water partition coefficient (Wildman–Crippen LogP) is 5.66. The summed E-state index contributed by atoms with van der Waals surface area (Å²) in [5.74, 6) is -0.413. The van der Waals surface area contributed by atoms with Crippen molar-refractivity contribution in [3.63, 3.8) is 0 Å². The molecule has 31 heavy (non-hydrogen) atoms. The lowest BCUT2D eigenvalue weighted by Gasteiger charge is -2.45. The third-order valence-electron chi connectivity index (χ3n) is 7.10. The fourth-order valence-electron chi connectivity index (χ4n) is 5.31. The van der Waals surface area contributed by atoms with Crippen LogP contribution in [0.4, 0.5) is 0 Å². The highest BCUT2D eigenvalue weighted by Gasteiger charge is 2.46. The second kappa shape index (κ2) is 11.8. The zero-order valence-corrected chi connectivity index (χ0v) is 22.9. The number of ether oxygens (including phenoxy) is 2. The molecule has 0 aromatic rings. The van der Waals surface area contributed by atoms with Crippen molar-refractivity contribution in [1.82, 2.24) is 0 Å². The maximum Gasteiger partial charge on any atom is 0.200 e. The summed E-state index contributed by atoms with van der Waals surface area (Å²) in [5.41, 5.74) is 1.71. The van der Waals surface area contributed by atoms with Gasteiger partial charge in [0.2, 0.25) is 8.32 Å². The Labute approximate surface area is 192 Å². The van der Waals surface area contributed by atoms with Crippen LogP contribution in [0.3, 0.4) is 0 Å². The first-order chi connectivity index (χ1) is 14.2. The van der Waals surface area contributed by atoms with Crippen LogP contribution in [0.25, 0.3) is 0 Å². The predicted molar refractivity (Wildman–Crippen MR) is 131 cm³/mol. The molecule has 5 nitrogen and oxygen atoms in total. The Bertz CT molecular complexity index is 538. The van der Waals surface area contributed by atoms with Gasteiger partial charge in [-0.1, -0.05) is 67.5 Å². The highest BCUT2D eigenvalue weighted by atomic mass is 28.4. The normalized spacial score (nSPS) is 27.9. The molecule has 0 aromatic heterocycles. The van der Waals surface area contributed by atoms with Crippen molar-refractivity contribution in [2.45, 2.75) is 129 Å². The highest BCUT2D eigenvalue weighted by Crippen LogP contribution is 2.43. The Balaban J connectivity index is 2.78. The molecule has 184 valence electrons. The van der Waals surface area contributed by atoms with E-state index in [2.05, 4.69) is 74.5 Å². The zero-order chi connectivity index (χ0) is 24.1. The maximum absolute atomic E-state index is 10.6. The third-order valence-corrected chi connectivity index (χ3v) is 13.3. The average Bonchev–Trinajstić information content (AvgIpc) is 2.65. The zero-order valence-electron chi connectivity index (χ0n) is 21.9. The Morgan fingerprint density at radius 2 is 1.45 bits per heavy atom. The molecule has 2 N–H and O–H groups in total. The van der Waals surface area contributed by atoms with Crippen molar-refractivity contribution < 1.29 is 24.1 Å². The van der Waals surface area contributed by atoms with Gasteiger partial charge < -0.3 is 24.1 Å². The van der Waals surface area contributed by atoms with Gasteiger partial charge in [0.05, 0.1) is 12.7 Å². The molecule has 1 saturated heterocycles. The molecular weight excluding hydrogens is 408 g/mol. The average molecular weight is 459 g/mol. The van der Waals surface area contributed by atoms with Gasteiger partial charge in [-0.3, -0.25) is 0 Å². The first kappa shape index (κ1) is 28.8. The van der Waals surface area contributed by atoms with Crippen LogP contribution in [-0.4, -0.2) is 55.3 Å². The van der Waals surface area contributed by atoms with Crippen LogP contribution in [0.2, 0.25) is 16.6 Å². The maximum atomic E-state index is 10.6. The minimum Gasteiger partial charge on any atom is -0.413 e. The summed E-state index contributed by atoms with van der Waals surface area (Å²) >= 11 is 0. The summed E-state index contributed by atoms with van der Waals surface area (Å²) in [5, 5.41) is 20.1. The van der Waals surface area contributed by atoms with E-state index in [0.29, 0.717) is 22.5 Å². The van der Waals surface area contributed by atoms with E-state index in [1.165, 1.54) is 0 Å². The van der Waals surface area contributed by atoms with Gasteiger partial charge in [-0.05, 0) is 55.7 Å². The topological polar surface area (TPSA) is 68.2 Å². The standard InChI is InChI=1S/C25H50O5Si/c1-16(2)31(17(3)4,18(5)6)30-21(9)19(7)13-12-14-20(8)24-23(27)22(15-26)28-25(10,11)29-24/h12-13,16-24,26-27H,14-15H2,1-11H3/b13-12+/t19-,20-,21+,22+,23+,24-/m1/s1. The Morgan fingerprint density at radius 1 is 0.935 bits per heavy atom. The van der Waals surface area contributed by atoms with Gasteiger partial charge in [0, 0.05) is 6.10 Å². The van der Waals surface area contributed by atoms with Gasteiger partial charge in [0.1, 0.15) is 12.2 Å². The van der Waals surface area contributed by atoms with Crippen LogP contribution >= 0.6 is 0 Å². The summed E-state index contributed by atoms with van der Waals surface area (Å²) in [6.07, 6.45) is 3.54. The van der Waals surface area contributed by atoms with Crippen LogP contribution < -0.4 is 0 Å². The fourth-order valence-corrected chi connectivity index (χ4v) is 11.0. The summed E-state index contributed by atoms with van der Waals surface area (Å²) in [4.78, 5) is 0. The second-order valence-electron chi connectivity index (χ2n) is 11.0. The van der Waals surface area contributed by atoms with E-state index in [1.807, 2.05) is 13.8 Å². The minimum absolute atomic E-state index is 0.0994. The molecule has 0 spiro atoms. The Morgan fingerprint density at radius 3 is 1.90 bits per heavy atom. The molecule has 0 amide bonds. The number of allylic oxidation sites excluding steroid dienone is 1. The van der Waals surface area contributed by atoms with Crippen molar-refractivity contribution in [3.05, 3.63) is 12.2 Å². The van der Waals surface area contributed by atoms with Crippen molar-refractivity contribution in [3.8, 4) is 0 Å². The molecule has 1 aliphatic heterocycles. The van der Waals surface area contributed by atoms with Gasteiger partial charge in [-0.2, -0.15) is 0 Å². The summed E-state index contributed by atoms with van der Waals surface area (Å²) in [6, 6.07) is 0. The molecule has 0 unspecified atom stereocenters. The smallest absolute Gasteiger partial charge is 0.200 e. The van der Waals surface area contributed by atoms with Gasteiger partial charge >= 0.3 is 0 Å². The van der Waals surface area contributed by atoms with Crippen LogP contribution in [0, 0.1) is 11.8 Å². The van der Waals surface area contributed by atoms with E-state index in [0.717, 1.165) is 6.42 Å². The van der Waals surface area contributed by atoms with Gasteiger partial charge in [-0.15, -0.1) is 0 Å². The van der Waals surface area contributed by atoms with Gasteiger partial charge in [0.15, 0.2) is 5.79 Å². The summed E-state index contributed by atoms with van der Waals surface area (Å²) in [6.45, 7) is 23.9. The Kier molecular flexibility index (Phi) is 10.9. The van der Waals surface area contributed by atoms with E-state index in [9.17, 15) is 10.2 Å². The molecule has 0 bridgehead atoms. The molecule has 0 aliphatic carbocycles. The first-order valence-corrected chi connectivity index (χ1v) is 14.3. The van der Waals surface area contributed by atoms with Crippen molar-refractivity contribution in [2.24, 2.45) is 11.8 Å². The van der Waals surface area contributed by atoms with E-state index in [4.69, 9.17) is 13.9 Å². The molecule has 0 radical (unpaired) electrons. The second-order valence-corrected chi connectivity index (χ2v) is 16.4. The molecule has 6 atom stereocenters. The first-order valence-electron chi connectivity index (χ1n) is 12.2. The van der Waals surface area contributed by atoms with Gasteiger partial charge in [-0.25, -0.2) is 0 Å². The lowest BCUT2D eigenvalue weighted by Crippen LogP contribution is -2.57. The summed E-state index contributed by atoms with van der Waals surface area (Å²) < 4.78 is 18.5. The van der Waals surface area contributed by atoms with Crippen molar-refractivity contribution in [1.29, 1.82) is 0 Å². The van der Waals surface area contributed by atoms with Crippen LogP contribution in [0.15, 0.2) is 12.2 Å². The SMILES string of the molecule is CC(C)[Si](O[C@@H](C)[C@H](C)/C=C/C[C@@H](C)[C@H]1OC(C)(C)O[C@@H](CO)[C@@H]1O)(C(C)C)C(C)C. The summed E-state index contributed by atoms with van der Waals surface area (Å²) in [7, 11) is -1.90. The highest BCUT2D eigenvalue weighted by molar-refractivity contribution is 6.77. The third kappa shape index (κ3) is 7.12. The molecular formula is C25H50O5Si. The molecule has 1 heterocycles. The van der Waals surface area contributed by atoms with E-state index < -0.39 is 26.3 Å². The van der Waals surface area contributed by atoms with Crippen molar-refractivity contribution in [2.75, 3.05) is 6.61 Å². The molecule has 0 saturated carbocycles. The number of hydrogen-bond acceptors (Lipinski definition) is 5. The lowest BCUT2D eigenvalue weighted by atomic mass is 9.91. The van der Waals surface area contributed by atoms with Crippen LogP contribution in [-0.2, 0) is 13.9 Å². The molecule has 1 fully saturated rings. The largest absolute Gasteiger partial charge is 0.413 e. The fraction of sp³-hybridized carbons (Fsp3) is 0.920. The van der Waals surface area contributed by atoms with Gasteiger partial charge in [0.25, 0.3) is 0 Å². The van der Waals surface area contributed by atoms with Crippen LogP contribution in [0.5, 0.6) is 0 Å².